The van der Waals surface area contributed by atoms with Gasteiger partial charge in [0.2, 0.25) is 5.13 Å². The van der Waals surface area contributed by atoms with E-state index < -0.39 is 17.7 Å². The number of aryl methyl sites for hydroxylation is 1. The third-order valence-electron chi connectivity index (χ3n) is 5.22. The first-order valence-corrected chi connectivity index (χ1v) is 12.1. The number of rotatable bonds is 7. The minimum Gasteiger partial charge on any atom is -0.507 e. The highest BCUT2D eigenvalue weighted by molar-refractivity contribution is 9.10. The molecule has 1 saturated heterocycles. The van der Waals surface area contributed by atoms with Crippen LogP contribution in [-0.4, -0.2) is 33.6 Å². The number of hydrogen-bond donors (Lipinski definition) is 1. The van der Waals surface area contributed by atoms with Crippen molar-refractivity contribution >= 4 is 49.8 Å². The van der Waals surface area contributed by atoms with E-state index in [0.717, 1.165) is 17.3 Å². The lowest BCUT2D eigenvalue weighted by Gasteiger charge is -2.22. The topological polar surface area (TPSA) is 92.6 Å². The summed E-state index contributed by atoms with van der Waals surface area (Å²) in [6, 6.07) is 13.3. The molecule has 1 aromatic heterocycles. The van der Waals surface area contributed by atoms with Crippen molar-refractivity contribution < 1.29 is 19.4 Å². The number of aliphatic hydroxyl groups is 1. The van der Waals surface area contributed by atoms with Gasteiger partial charge in [0.15, 0.2) is 0 Å². The first-order chi connectivity index (χ1) is 15.9. The molecule has 4 rings (SSSR count). The molecular formula is C24H22BrN3O4S. The number of aromatic nitrogens is 2. The summed E-state index contributed by atoms with van der Waals surface area (Å²) in [5, 5.41) is 20.2. The average molecular weight is 528 g/mol. The molecule has 1 aliphatic rings. The van der Waals surface area contributed by atoms with Crippen molar-refractivity contribution in [2.24, 2.45) is 0 Å². The summed E-state index contributed by atoms with van der Waals surface area (Å²) in [7, 11) is 0. The second-order valence-electron chi connectivity index (χ2n) is 7.55. The zero-order valence-electron chi connectivity index (χ0n) is 18.1. The van der Waals surface area contributed by atoms with Crippen molar-refractivity contribution in [1.82, 2.24) is 10.2 Å². The van der Waals surface area contributed by atoms with Crippen LogP contribution >= 0.6 is 27.3 Å². The fourth-order valence-electron chi connectivity index (χ4n) is 3.60. The Hall–Kier alpha value is -3.04. The van der Waals surface area contributed by atoms with Gasteiger partial charge in [0, 0.05) is 10.0 Å². The molecule has 0 spiro atoms. The van der Waals surface area contributed by atoms with Crippen LogP contribution in [0.5, 0.6) is 5.75 Å². The Morgan fingerprint density at radius 3 is 2.58 bits per heavy atom. The molecule has 2 heterocycles. The normalized spacial score (nSPS) is 17.5. The molecule has 3 aromatic rings. The summed E-state index contributed by atoms with van der Waals surface area (Å²) in [5.41, 5.74) is 1.09. The Balaban J connectivity index is 1.79. The van der Waals surface area contributed by atoms with Crippen LogP contribution in [0, 0.1) is 6.92 Å². The molecule has 0 bridgehead atoms. The van der Waals surface area contributed by atoms with Crippen molar-refractivity contribution in [2.75, 3.05) is 11.5 Å². The number of unbranched alkanes of at least 4 members (excludes halogenated alkanes) is 1. The van der Waals surface area contributed by atoms with Crippen LogP contribution in [0.4, 0.5) is 5.13 Å². The largest absolute Gasteiger partial charge is 0.507 e. The predicted molar refractivity (Wildman–Crippen MR) is 130 cm³/mol. The van der Waals surface area contributed by atoms with Gasteiger partial charge in [-0.1, -0.05) is 52.7 Å². The summed E-state index contributed by atoms with van der Waals surface area (Å²) < 4.78 is 6.46. The number of carbonyl (C=O) groups excluding carboxylic acids is 2. The van der Waals surface area contributed by atoms with Crippen LogP contribution in [0.25, 0.3) is 5.76 Å². The lowest BCUT2D eigenvalue weighted by atomic mass is 9.95. The van der Waals surface area contributed by atoms with Gasteiger partial charge in [-0.3, -0.25) is 14.5 Å². The van der Waals surface area contributed by atoms with E-state index in [-0.39, 0.29) is 11.3 Å². The summed E-state index contributed by atoms with van der Waals surface area (Å²) in [5.74, 6) is -1.10. The number of aliphatic hydroxyl groups excluding tert-OH is 1. The number of hydrogen-bond acceptors (Lipinski definition) is 7. The Morgan fingerprint density at radius 2 is 1.94 bits per heavy atom. The van der Waals surface area contributed by atoms with Crippen LogP contribution in [0.1, 0.15) is 41.9 Å². The molecule has 7 nitrogen and oxygen atoms in total. The van der Waals surface area contributed by atoms with Crippen molar-refractivity contribution in [3.63, 3.8) is 0 Å². The molecule has 170 valence electrons. The maximum absolute atomic E-state index is 13.1. The second-order valence-corrected chi connectivity index (χ2v) is 9.63. The minimum atomic E-state index is -0.838. The monoisotopic (exact) mass is 527 g/mol. The van der Waals surface area contributed by atoms with E-state index in [1.54, 1.807) is 37.3 Å². The number of anilines is 1. The lowest BCUT2D eigenvalue weighted by Crippen LogP contribution is -2.29. The van der Waals surface area contributed by atoms with Crippen molar-refractivity contribution in [3.8, 4) is 5.75 Å². The van der Waals surface area contributed by atoms with E-state index in [1.807, 2.05) is 18.2 Å². The van der Waals surface area contributed by atoms with E-state index in [2.05, 4.69) is 33.1 Å². The average Bonchev–Trinajstić information content (AvgIpc) is 3.34. The van der Waals surface area contributed by atoms with Gasteiger partial charge >= 0.3 is 5.91 Å². The number of ether oxygens (including phenoxy) is 1. The summed E-state index contributed by atoms with van der Waals surface area (Å²) >= 11 is 4.66. The summed E-state index contributed by atoms with van der Waals surface area (Å²) in [4.78, 5) is 27.5. The minimum absolute atomic E-state index is 0.00519. The molecule has 0 saturated carbocycles. The number of amides is 1. The fourth-order valence-corrected chi connectivity index (χ4v) is 4.74. The maximum atomic E-state index is 13.1. The third-order valence-corrected chi connectivity index (χ3v) is 6.56. The zero-order valence-corrected chi connectivity index (χ0v) is 20.5. The van der Waals surface area contributed by atoms with Crippen molar-refractivity contribution in [3.05, 3.63) is 74.7 Å². The molecule has 1 amide bonds. The van der Waals surface area contributed by atoms with Crippen LogP contribution in [0.15, 0.2) is 58.6 Å². The van der Waals surface area contributed by atoms with Gasteiger partial charge in [-0.05, 0) is 55.3 Å². The van der Waals surface area contributed by atoms with Gasteiger partial charge in [0.25, 0.3) is 5.78 Å². The van der Waals surface area contributed by atoms with E-state index in [4.69, 9.17) is 4.74 Å². The molecule has 2 aromatic carbocycles. The van der Waals surface area contributed by atoms with Gasteiger partial charge in [0.1, 0.15) is 16.5 Å². The van der Waals surface area contributed by atoms with Gasteiger partial charge in [-0.2, -0.15) is 0 Å². The number of carbonyl (C=O) groups is 2. The van der Waals surface area contributed by atoms with Crippen molar-refractivity contribution in [2.45, 2.75) is 32.7 Å². The Morgan fingerprint density at radius 1 is 1.18 bits per heavy atom. The Bertz CT molecular complexity index is 1220. The highest BCUT2D eigenvalue weighted by Gasteiger charge is 2.48. The van der Waals surface area contributed by atoms with Crippen LogP contribution in [0.3, 0.4) is 0 Å². The van der Waals surface area contributed by atoms with E-state index >= 15 is 0 Å². The first-order valence-electron chi connectivity index (χ1n) is 10.5. The van der Waals surface area contributed by atoms with E-state index in [0.29, 0.717) is 33.6 Å². The lowest BCUT2D eigenvalue weighted by molar-refractivity contribution is -0.132. The van der Waals surface area contributed by atoms with Gasteiger partial charge in [0.05, 0.1) is 18.2 Å². The van der Waals surface area contributed by atoms with Crippen molar-refractivity contribution in [1.29, 1.82) is 0 Å². The molecule has 1 aliphatic heterocycles. The van der Waals surface area contributed by atoms with Crippen LogP contribution in [0.2, 0.25) is 0 Å². The maximum Gasteiger partial charge on any atom is 0.301 e. The second kappa shape index (κ2) is 9.84. The molecule has 0 aliphatic carbocycles. The van der Waals surface area contributed by atoms with Crippen LogP contribution in [-0.2, 0) is 9.59 Å². The SMILES string of the molecule is CCCCOc1ccc(C(O)=C2C(=O)C(=O)N(c3nnc(C)s3)[C@@H]2c2cccc(Br)c2)cc1. The van der Waals surface area contributed by atoms with Crippen LogP contribution < -0.4 is 9.64 Å². The number of nitrogens with zero attached hydrogens (tertiary/aromatic N) is 3. The third kappa shape index (κ3) is 4.69. The summed E-state index contributed by atoms with van der Waals surface area (Å²) in [6.07, 6.45) is 1.98. The molecule has 1 fully saturated rings. The smallest absolute Gasteiger partial charge is 0.301 e. The number of Topliss-reactive ketones (excluding diaryl/α,β-unsaturated/α-hetero) is 1. The molecule has 0 radical (unpaired) electrons. The standard InChI is InChI=1S/C24H22BrN3O4S/c1-3-4-12-32-18-10-8-15(9-11-18)21(29)19-20(16-6-5-7-17(25)13-16)28(23(31)22(19)30)24-27-26-14(2)33-24/h5-11,13,20,29H,3-4,12H2,1-2H3/t20-/m1/s1. The molecule has 1 atom stereocenters. The van der Waals surface area contributed by atoms with E-state index in [1.165, 1.54) is 16.2 Å². The zero-order chi connectivity index (χ0) is 23.5. The molecule has 1 N–H and O–H groups in total. The highest BCUT2D eigenvalue weighted by Crippen LogP contribution is 2.43. The fraction of sp³-hybridized carbons (Fsp3) is 0.250. The number of benzene rings is 2. The Kier molecular flexibility index (Phi) is 6.90. The Labute approximate surface area is 203 Å². The van der Waals surface area contributed by atoms with Gasteiger partial charge in [-0.15, -0.1) is 10.2 Å². The molecule has 0 unspecified atom stereocenters. The summed E-state index contributed by atoms with van der Waals surface area (Å²) in [6.45, 7) is 4.47. The number of ketones is 1. The molecule has 9 heteroatoms. The molecule has 33 heavy (non-hydrogen) atoms. The predicted octanol–water partition coefficient (Wildman–Crippen LogP) is 5.41. The van der Waals surface area contributed by atoms with Gasteiger partial charge < -0.3 is 9.84 Å². The highest BCUT2D eigenvalue weighted by atomic mass is 79.9. The number of halogens is 1. The molecular weight excluding hydrogens is 506 g/mol. The van der Waals surface area contributed by atoms with E-state index in [9.17, 15) is 14.7 Å². The first kappa shape index (κ1) is 23.1. The quantitative estimate of drug-likeness (QED) is 0.191. The van der Waals surface area contributed by atoms with Gasteiger partial charge in [-0.25, -0.2) is 0 Å².